The highest BCUT2D eigenvalue weighted by molar-refractivity contribution is 7.92. The number of hydrogen-bond donors (Lipinski definition) is 0. The third kappa shape index (κ3) is 7.44. The number of hydrogen-bond acceptors (Lipinski definition) is 5. The molecule has 0 unspecified atom stereocenters. The number of sulfonamides is 1. The Bertz CT molecular complexity index is 1150. The molecule has 0 aliphatic heterocycles. The normalized spacial score (nSPS) is 12.0. The minimum atomic E-state index is -3.84. The first-order chi connectivity index (χ1) is 16.4. The van der Waals surface area contributed by atoms with Gasteiger partial charge in [0.25, 0.3) is 0 Å². The van der Waals surface area contributed by atoms with Gasteiger partial charge in [0.15, 0.2) is 0 Å². The number of rotatable bonds is 13. The molecular formula is C25H31N3O5S. The highest BCUT2D eigenvalue weighted by Gasteiger charge is 2.26. The van der Waals surface area contributed by atoms with E-state index in [4.69, 9.17) is 9.15 Å². The van der Waals surface area contributed by atoms with Gasteiger partial charge in [-0.05, 0) is 42.3 Å². The summed E-state index contributed by atoms with van der Waals surface area (Å²) in [6.07, 6.45) is 5.46. The summed E-state index contributed by atoms with van der Waals surface area (Å²) >= 11 is 0. The largest absolute Gasteiger partial charge is 0.467 e. The van der Waals surface area contributed by atoms with Gasteiger partial charge in [-0.1, -0.05) is 30.3 Å². The van der Waals surface area contributed by atoms with Gasteiger partial charge >= 0.3 is 0 Å². The zero-order valence-electron chi connectivity index (χ0n) is 19.5. The van der Waals surface area contributed by atoms with Crippen molar-refractivity contribution in [2.45, 2.75) is 19.5 Å². The minimum absolute atomic E-state index is 0.166. The molecule has 34 heavy (non-hydrogen) atoms. The summed E-state index contributed by atoms with van der Waals surface area (Å²) in [5.41, 5.74) is 1.69. The van der Waals surface area contributed by atoms with Crippen LogP contribution in [0.25, 0.3) is 6.08 Å². The zero-order valence-corrected chi connectivity index (χ0v) is 20.4. The van der Waals surface area contributed by atoms with E-state index >= 15 is 0 Å². The first kappa shape index (κ1) is 25.5. The number of aromatic nitrogens is 1. The summed E-state index contributed by atoms with van der Waals surface area (Å²) in [6, 6.07) is 16.6. The maximum atomic E-state index is 13.4. The van der Waals surface area contributed by atoms with E-state index in [1.54, 1.807) is 30.4 Å². The second kappa shape index (κ2) is 12.4. The van der Waals surface area contributed by atoms with Gasteiger partial charge in [0.2, 0.25) is 15.9 Å². The monoisotopic (exact) mass is 485 g/mol. The van der Waals surface area contributed by atoms with Crippen LogP contribution in [0.5, 0.6) is 0 Å². The maximum Gasteiger partial charge on any atom is 0.238 e. The Hall–Kier alpha value is -3.14. The molecule has 182 valence electrons. The average Bonchev–Trinajstić information content (AvgIpc) is 3.49. The molecule has 0 bridgehead atoms. The number of methoxy groups -OCH3 is 1. The summed E-state index contributed by atoms with van der Waals surface area (Å²) in [5, 5.41) is 1.15. The van der Waals surface area contributed by atoms with Gasteiger partial charge in [-0.3, -0.25) is 4.79 Å². The van der Waals surface area contributed by atoms with Crippen molar-refractivity contribution in [1.82, 2.24) is 13.8 Å². The van der Waals surface area contributed by atoms with Gasteiger partial charge in [-0.2, -0.15) is 4.31 Å². The smallest absolute Gasteiger partial charge is 0.238 e. The van der Waals surface area contributed by atoms with Crippen molar-refractivity contribution in [2.24, 2.45) is 7.05 Å². The second-order valence-corrected chi connectivity index (χ2v) is 9.70. The molecule has 8 nitrogen and oxygen atoms in total. The van der Waals surface area contributed by atoms with Crippen LogP contribution in [0.2, 0.25) is 0 Å². The molecule has 0 N–H and O–H groups in total. The molecule has 9 heteroatoms. The number of carbonyl (C=O) groups excluding carboxylic acids is 1. The summed E-state index contributed by atoms with van der Waals surface area (Å²) in [7, 11) is -0.377. The number of benzene rings is 1. The fourth-order valence-electron chi connectivity index (χ4n) is 3.43. The molecule has 0 spiro atoms. The summed E-state index contributed by atoms with van der Waals surface area (Å²) in [4.78, 5) is 15.0. The van der Waals surface area contributed by atoms with E-state index in [1.165, 1.54) is 10.4 Å². The van der Waals surface area contributed by atoms with E-state index in [-0.39, 0.29) is 25.5 Å². The zero-order chi connectivity index (χ0) is 24.4. The Morgan fingerprint density at radius 3 is 2.53 bits per heavy atom. The number of ether oxygens (including phenoxy) is 1. The van der Waals surface area contributed by atoms with Crippen LogP contribution in [0.3, 0.4) is 0 Å². The lowest BCUT2D eigenvalue weighted by Crippen LogP contribution is -2.42. The molecule has 0 aliphatic rings. The first-order valence-corrected chi connectivity index (χ1v) is 12.5. The van der Waals surface area contributed by atoms with Gasteiger partial charge in [-0.15, -0.1) is 0 Å². The molecule has 2 aromatic heterocycles. The molecule has 0 saturated heterocycles. The number of nitrogens with zero attached hydrogens (tertiary/aromatic N) is 3. The van der Waals surface area contributed by atoms with E-state index in [1.807, 2.05) is 60.3 Å². The lowest BCUT2D eigenvalue weighted by atomic mass is 10.2. The summed E-state index contributed by atoms with van der Waals surface area (Å²) in [5.74, 6) is 0.312. The van der Waals surface area contributed by atoms with E-state index in [2.05, 4.69) is 0 Å². The Kier molecular flexibility index (Phi) is 9.26. The fraction of sp³-hybridized carbons (Fsp3) is 0.320. The van der Waals surface area contributed by atoms with Crippen LogP contribution in [0.4, 0.5) is 0 Å². The molecule has 2 heterocycles. The Morgan fingerprint density at radius 1 is 1.09 bits per heavy atom. The van der Waals surface area contributed by atoms with Crippen molar-refractivity contribution in [3.8, 4) is 0 Å². The van der Waals surface area contributed by atoms with Gasteiger partial charge in [0.1, 0.15) is 5.76 Å². The summed E-state index contributed by atoms with van der Waals surface area (Å²) < 4.78 is 40.0. The molecular weight excluding hydrogens is 454 g/mol. The topological polar surface area (TPSA) is 85.0 Å². The van der Waals surface area contributed by atoms with Crippen molar-refractivity contribution in [3.05, 3.63) is 89.5 Å². The van der Waals surface area contributed by atoms with Crippen molar-refractivity contribution in [3.63, 3.8) is 0 Å². The van der Waals surface area contributed by atoms with E-state index in [0.29, 0.717) is 25.3 Å². The molecule has 3 rings (SSSR count). The SMILES string of the molecule is COCCCN(CC(=O)N(Cc1ccco1)Cc1cccn1C)S(=O)(=O)C=Cc1ccccc1. The van der Waals surface area contributed by atoms with Crippen LogP contribution in [0.15, 0.2) is 76.9 Å². The van der Waals surface area contributed by atoms with Gasteiger partial charge in [0, 0.05) is 44.6 Å². The van der Waals surface area contributed by atoms with Gasteiger partial charge < -0.3 is 18.6 Å². The maximum absolute atomic E-state index is 13.4. The number of aryl methyl sites for hydroxylation is 1. The van der Waals surface area contributed by atoms with Crippen LogP contribution < -0.4 is 0 Å². The van der Waals surface area contributed by atoms with Crippen LogP contribution in [0, 0.1) is 0 Å². The predicted octanol–water partition coefficient (Wildman–Crippen LogP) is 3.49. The fourth-order valence-corrected chi connectivity index (χ4v) is 4.60. The first-order valence-electron chi connectivity index (χ1n) is 11.0. The number of carbonyl (C=O) groups is 1. The van der Waals surface area contributed by atoms with Crippen molar-refractivity contribution in [2.75, 3.05) is 26.8 Å². The van der Waals surface area contributed by atoms with Crippen molar-refractivity contribution in [1.29, 1.82) is 0 Å². The van der Waals surface area contributed by atoms with Gasteiger partial charge in [0.05, 0.1) is 25.9 Å². The van der Waals surface area contributed by atoms with Crippen molar-refractivity contribution < 1.29 is 22.4 Å². The van der Waals surface area contributed by atoms with E-state index in [0.717, 1.165) is 16.7 Å². The third-order valence-electron chi connectivity index (χ3n) is 5.34. The Balaban J connectivity index is 1.80. The standard InChI is InChI=1S/C25H31N3O5S/c1-26-14-6-11-23(26)19-27(20-24-12-7-17-33-24)25(29)21-28(15-8-16-32-2)34(30,31)18-13-22-9-4-3-5-10-22/h3-7,9-14,17-18H,8,15-16,19-21H2,1-2H3. The van der Waals surface area contributed by atoms with E-state index < -0.39 is 10.0 Å². The van der Waals surface area contributed by atoms with Gasteiger partial charge in [-0.25, -0.2) is 8.42 Å². The highest BCUT2D eigenvalue weighted by Crippen LogP contribution is 2.14. The lowest BCUT2D eigenvalue weighted by Gasteiger charge is -2.26. The van der Waals surface area contributed by atoms with Crippen LogP contribution in [0.1, 0.15) is 23.4 Å². The third-order valence-corrected chi connectivity index (χ3v) is 6.85. The Labute approximate surface area is 201 Å². The molecule has 1 aromatic carbocycles. The molecule has 0 aliphatic carbocycles. The Morgan fingerprint density at radius 2 is 1.88 bits per heavy atom. The molecule has 0 atom stereocenters. The second-order valence-electron chi connectivity index (χ2n) is 7.88. The molecule has 3 aromatic rings. The van der Waals surface area contributed by atoms with Crippen LogP contribution in [-0.4, -0.2) is 54.9 Å². The molecule has 0 radical (unpaired) electrons. The van der Waals surface area contributed by atoms with Crippen LogP contribution in [-0.2, 0) is 39.7 Å². The minimum Gasteiger partial charge on any atom is -0.467 e. The number of furan rings is 1. The molecule has 1 amide bonds. The average molecular weight is 486 g/mol. The lowest BCUT2D eigenvalue weighted by molar-refractivity contribution is -0.133. The van der Waals surface area contributed by atoms with Crippen LogP contribution >= 0.6 is 0 Å². The van der Waals surface area contributed by atoms with E-state index in [9.17, 15) is 13.2 Å². The van der Waals surface area contributed by atoms with Crippen molar-refractivity contribution >= 4 is 22.0 Å². The number of amides is 1. The quantitative estimate of drug-likeness (QED) is 0.346. The molecule has 0 fully saturated rings. The highest BCUT2D eigenvalue weighted by atomic mass is 32.2. The summed E-state index contributed by atoms with van der Waals surface area (Å²) in [6.45, 7) is 0.843. The predicted molar refractivity (Wildman–Crippen MR) is 131 cm³/mol. The molecule has 0 saturated carbocycles.